The van der Waals surface area contributed by atoms with Gasteiger partial charge < -0.3 is 14.2 Å². The summed E-state index contributed by atoms with van der Waals surface area (Å²) in [5.74, 6) is 0.482. The second-order valence-corrected chi connectivity index (χ2v) is 9.12. The van der Waals surface area contributed by atoms with Gasteiger partial charge in [0, 0.05) is 31.2 Å². The summed E-state index contributed by atoms with van der Waals surface area (Å²) in [6.45, 7) is 13.4. The summed E-state index contributed by atoms with van der Waals surface area (Å²) in [6.07, 6.45) is 5.45. The first kappa shape index (κ1) is 22.4. The van der Waals surface area contributed by atoms with Crippen LogP contribution < -0.4 is 9.47 Å². The normalized spacial score (nSPS) is 24.3. The summed E-state index contributed by atoms with van der Waals surface area (Å²) in [6, 6.07) is 4.02. The minimum absolute atomic E-state index is 0.111. The number of fused-ring (bicyclic) bond motifs is 3. The van der Waals surface area contributed by atoms with Crippen molar-refractivity contribution in [1.29, 1.82) is 0 Å². The van der Waals surface area contributed by atoms with E-state index in [0.717, 1.165) is 61.0 Å². The van der Waals surface area contributed by atoms with E-state index in [1.807, 2.05) is 6.07 Å². The third-order valence-corrected chi connectivity index (χ3v) is 6.32. The van der Waals surface area contributed by atoms with Gasteiger partial charge in [0.25, 0.3) is 0 Å². The van der Waals surface area contributed by atoms with E-state index in [0.29, 0.717) is 5.75 Å². The van der Waals surface area contributed by atoms with Crippen LogP contribution in [0.15, 0.2) is 24.3 Å². The van der Waals surface area contributed by atoms with Crippen molar-refractivity contribution in [3.8, 4) is 11.5 Å². The number of benzene rings is 1. The van der Waals surface area contributed by atoms with Gasteiger partial charge in [0.15, 0.2) is 0 Å². The van der Waals surface area contributed by atoms with Crippen LogP contribution in [0, 0.1) is 5.92 Å². The van der Waals surface area contributed by atoms with Crippen molar-refractivity contribution in [2.75, 3.05) is 0 Å². The summed E-state index contributed by atoms with van der Waals surface area (Å²) in [5, 5.41) is 0. The maximum absolute atomic E-state index is 11.9. The zero-order chi connectivity index (χ0) is 22.1. The van der Waals surface area contributed by atoms with Crippen LogP contribution in [0.5, 0.6) is 11.5 Å². The third kappa shape index (κ3) is 4.55. The van der Waals surface area contributed by atoms with E-state index in [9.17, 15) is 9.59 Å². The number of hydrogen-bond donors (Lipinski definition) is 0. The average Bonchev–Trinajstić information content (AvgIpc) is 2.62. The Bertz CT molecular complexity index is 838. The third-order valence-electron chi connectivity index (χ3n) is 6.32. The van der Waals surface area contributed by atoms with Crippen LogP contribution >= 0.6 is 0 Å². The van der Waals surface area contributed by atoms with Crippen LogP contribution in [-0.2, 0) is 20.7 Å². The first-order valence-corrected chi connectivity index (χ1v) is 11.0. The average molecular weight is 415 g/mol. The fourth-order valence-electron chi connectivity index (χ4n) is 4.99. The Labute approximate surface area is 179 Å². The Morgan fingerprint density at radius 1 is 1.20 bits per heavy atom. The van der Waals surface area contributed by atoms with Crippen molar-refractivity contribution in [3.63, 3.8) is 0 Å². The van der Waals surface area contributed by atoms with Gasteiger partial charge in [-0.1, -0.05) is 26.3 Å². The summed E-state index contributed by atoms with van der Waals surface area (Å²) in [5.41, 5.74) is 2.37. The number of aryl methyl sites for hydroxylation is 1. The van der Waals surface area contributed by atoms with Gasteiger partial charge in [-0.3, -0.25) is 9.59 Å². The first-order chi connectivity index (χ1) is 14.1. The number of hydrogen-bond acceptors (Lipinski definition) is 5. The standard InChI is InChI=1S/C25H34O5/c1-7-8-9-10-18-13-20(28-16(3)26)23-21(14-18)30-25(5,6)19-12-11-15(2)24(22(19)23)29-17(4)27/h13-14,19,22,24H,2,7-12H2,1,3-6H3/t19-,22?,24+/m1/s1. The predicted molar refractivity (Wildman–Crippen MR) is 116 cm³/mol. The molecule has 1 saturated carbocycles. The molecule has 1 aromatic rings. The zero-order valence-corrected chi connectivity index (χ0v) is 18.9. The van der Waals surface area contributed by atoms with Crippen molar-refractivity contribution in [3.05, 3.63) is 35.4 Å². The fraction of sp³-hybridized carbons (Fsp3) is 0.600. The lowest BCUT2D eigenvalue weighted by atomic mass is 9.64. The molecule has 5 heteroatoms. The molecule has 1 aromatic carbocycles. The molecule has 1 unspecified atom stereocenters. The van der Waals surface area contributed by atoms with E-state index in [1.54, 1.807) is 0 Å². The molecule has 1 aliphatic heterocycles. The lowest BCUT2D eigenvalue weighted by Crippen LogP contribution is -2.51. The summed E-state index contributed by atoms with van der Waals surface area (Å²) >= 11 is 0. The second-order valence-electron chi connectivity index (χ2n) is 9.12. The van der Waals surface area contributed by atoms with Crippen LogP contribution in [0.3, 0.4) is 0 Å². The van der Waals surface area contributed by atoms with Gasteiger partial charge in [0.2, 0.25) is 0 Å². The van der Waals surface area contributed by atoms with Crippen molar-refractivity contribution >= 4 is 11.9 Å². The van der Waals surface area contributed by atoms with Crippen LogP contribution in [0.25, 0.3) is 0 Å². The lowest BCUT2D eigenvalue weighted by Gasteiger charge is -2.50. The van der Waals surface area contributed by atoms with Crippen LogP contribution in [0.4, 0.5) is 0 Å². The summed E-state index contributed by atoms with van der Waals surface area (Å²) < 4.78 is 17.9. The minimum Gasteiger partial charge on any atom is -0.487 e. The molecule has 0 spiro atoms. The van der Waals surface area contributed by atoms with Crippen LogP contribution in [0.1, 0.15) is 83.8 Å². The molecular weight excluding hydrogens is 380 g/mol. The van der Waals surface area contributed by atoms with Gasteiger partial charge in [-0.2, -0.15) is 0 Å². The van der Waals surface area contributed by atoms with Gasteiger partial charge in [-0.05, 0) is 62.8 Å². The molecule has 0 radical (unpaired) electrons. The van der Waals surface area contributed by atoms with Crippen molar-refractivity contribution in [2.24, 2.45) is 5.92 Å². The molecule has 1 fully saturated rings. The number of carbonyl (C=O) groups is 2. The molecule has 5 nitrogen and oxygen atoms in total. The largest absolute Gasteiger partial charge is 0.487 e. The number of esters is 2. The Morgan fingerprint density at radius 3 is 2.57 bits per heavy atom. The van der Waals surface area contributed by atoms with Crippen molar-refractivity contribution < 1.29 is 23.8 Å². The van der Waals surface area contributed by atoms with E-state index in [-0.39, 0.29) is 23.8 Å². The second kappa shape index (κ2) is 8.83. The summed E-state index contributed by atoms with van der Waals surface area (Å²) in [7, 11) is 0. The van der Waals surface area contributed by atoms with E-state index in [2.05, 4.69) is 33.4 Å². The highest BCUT2D eigenvalue weighted by Crippen LogP contribution is 2.56. The Kier molecular flexibility index (Phi) is 6.59. The Hall–Kier alpha value is -2.30. The number of rotatable bonds is 6. The van der Waals surface area contributed by atoms with Crippen molar-refractivity contribution in [1.82, 2.24) is 0 Å². The first-order valence-electron chi connectivity index (χ1n) is 11.0. The zero-order valence-electron chi connectivity index (χ0n) is 18.9. The van der Waals surface area contributed by atoms with Gasteiger partial charge in [-0.15, -0.1) is 0 Å². The maximum Gasteiger partial charge on any atom is 0.308 e. The molecule has 164 valence electrons. The fourth-order valence-corrected chi connectivity index (χ4v) is 4.99. The highest BCUT2D eigenvalue weighted by atomic mass is 16.5. The molecule has 30 heavy (non-hydrogen) atoms. The van der Waals surface area contributed by atoms with Crippen LogP contribution in [-0.4, -0.2) is 23.6 Å². The topological polar surface area (TPSA) is 61.8 Å². The monoisotopic (exact) mass is 414 g/mol. The molecule has 0 saturated heterocycles. The van der Waals surface area contributed by atoms with E-state index >= 15 is 0 Å². The molecule has 2 aliphatic rings. The SMILES string of the molecule is C=C1CC[C@@H]2C(c3c(OC(C)=O)cc(CCCCC)cc3OC2(C)C)[C@H]1OC(C)=O. The van der Waals surface area contributed by atoms with E-state index < -0.39 is 11.7 Å². The molecule has 1 heterocycles. The molecule has 3 rings (SSSR count). The van der Waals surface area contributed by atoms with E-state index in [4.69, 9.17) is 14.2 Å². The van der Waals surface area contributed by atoms with Crippen LogP contribution in [0.2, 0.25) is 0 Å². The molecule has 3 atom stereocenters. The lowest BCUT2D eigenvalue weighted by molar-refractivity contribution is -0.149. The molecule has 0 aromatic heterocycles. The summed E-state index contributed by atoms with van der Waals surface area (Å²) in [4.78, 5) is 23.8. The van der Waals surface area contributed by atoms with Gasteiger partial charge in [-0.25, -0.2) is 0 Å². The number of unbranched alkanes of at least 4 members (excludes halogenated alkanes) is 2. The molecular formula is C25H34O5. The van der Waals surface area contributed by atoms with E-state index in [1.165, 1.54) is 13.8 Å². The van der Waals surface area contributed by atoms with Gasteiger partial charge >= 0.3 is 11.9 Å². The molecule has 0 amide bonds. The highest BCUT2D eigenvalue weighted by molar-refractivity contribution is 5.71. The van der Waals surface area contributed by atoms with Crippen molar-refractivity contribution in [2.45, 2.75) is 90.8 Å². The molecule has 0 bridgehead atoms. The smallest absolute Gasteiger partial charge is 0.308 e. The van der Waals surface area contributed by atoms with Gasteiger partial charge in [0.1, 0.15) is 23.2 Å². The number of ether oxygens (including phenoxy) is 3. The predicted octanol–water partition coefficient (Wildman–Crippen LogP) is 5.50. The quantitative estimate of drug-likeness (QED) is 0.266. The number of carbonyl (C=O) groups excluding carboxylic acids is 2. The maximum atomic E-state index is 11.9. The highest BCUT2D eigenvalue weighted by Gasteiger charge is 2.52. The Balaban J connectivity index is 2.14. The minimum atomic E-state index is -0.455. The molecule has 0 N–H and O–H groups in total. The van der Waals surface area contributed by atoms with Gasteiger partial charge in [0.05, 0.1) is 0 Å². The Morgan fingerprint density at radius 2 is 1.93 bits per heavy atom. The molecule has 1 aliphatic carbocycles.